The topological polar surface area (TPSA) is 38.8 Å². The van der Waals surface area contributed by atoms with Gasteiger partial charge in [0.15, 0.2) is 11.5 Å². The lowest BCUT2D eigenvalue weighted by Gasteiger charge is -2.23. The number of aryl methyl sites for hydroxylation is 1. The molecule has 2 aromatic rings. The van der Waals surface area contributed by atoms with E-state index in [2.05, 4.69) is 15.9 Å². The minimum absolute atomic E-state index is 0.0597. The molecule has 22 heavy (non-hydrogen) atoms. The van der Waals surface area contributed by atoms with Crippen LogP contribution in [0.3, 0.4) is 0 Å². The molecule has 0 spiro atoms. The van der Waals surface area contributed by atoms with Crippen molar-refractivity contribution in [1.29, 1.82) is 0 Å². The molecular weight excluding hydrogens is 346 g/mol. The number of carbonyl (C=O) groups is 1. The fraction of sp³-hybridized carbons (Fsp3) is 0.235. The molecule has 114 valence electrons. The number of carbonyl (C=O) groups excluding carboxylic acids is 1. The Morgan fingerprint density at radius 1 is 1.09 bits per heavy atom. The zero-order chi connectivity index (χ0) is 15.7. The van der Waals surface area contributed by atoms with E-state index in [1.807, 2.05) is 43.3 Å². The maximum absolute atomic E-state index is 12.7. The van der Waals surface area contributed by atoms with E-state index in [1.54, 1.807) is 11.9 Å². The second-order valence-corrected chi connectivity index (χ2v) is 6.07. The largest absolute Gasteiger partial charge is 0.486 e. The summed E-state index contributed by atoms with van der Waals surface area (Å²) in [7, 11) is 1.76. The van der Waals surface area contributed by atoms with Gasteiger partial charge in [-0.15, -0.1) is 0 Å². The van der Waals surface area contributed by atoms with Crippen LogP contribution in [0.25, 0.3) is 0 Å². The van der Waals surface area contributed by atoms with E-state index in [1.165, 1.54) is 0 Å². The van der Waals surface area contributed by atoms with Crippen LogP contribution < -0.4 is 14.4 Å². The van der Waals surface area contributed by atoms with E-state index in [0.29, 0.717) is 24.5 Å². The van der Waals surface area contributed by atoms with Gasteiger partial charge in [0.05, 0.1) is 0 Å². The highest BCUT2D eigenvalue weighted by Crippen LogP contribution is 2.34. The van der Waals surface area contributed by atoms with Gasteiger partial charge in [0.1, 0.15) is 13.2 Å². The van der Waals surface area contributed by atoms with Crippen LogP contribution in [0.15, 0.2) is 40.9 Å². The number of hydrogen-bond donors (Lipinski definition) is 0. The molecule has 0 N–H and O–H groups in total. The minimum Gasteiger partial charge on any atom is -0.486 e. The summed E-state index contributed by atoms with van der Waals surface area (Å²) in [6.45, 7) is 3.01. The fourth-order valence-electron chi connectivity index (χ4n) is 2.36. The van der Waals surface area contributed by atoms with Crippen LogP contribution >= 0.6 is 15.9 Å². The Morgan fingerprint density at radius 2 is 1.82 bits per heavy atom. The summed E-state index contributed by atoms with van der Waals surface area (Å²) in [6, 6.07) is 11.2. The van der Waals surface area contributed by atoms with Crippen LogP contribution in [0, 0.1) is 6.92 Å². The summed E-state index contributed by atoms with van der Waals surface area (Å²) < 4.78 is 12.0. The van der Waals surface area contributed by atoms with E-state index in [0.717, 1.165) is 21.5 Å². The number of fused-ring (bicyclic) bond motifs is 1. The molecule has 5 heteroatoms. The number of rotatable bonds is 2. The molecule has 0 atom stereocenters. The molecule has 0 aromatic heterocycles. The fourth-order valence-corrected chi connectivity index (χ4v) is 2.72. The third kappa shape index (κ3) is 2.81. The van der Waals surface area contributed by atoms with Gasteiger partial charge in [-0.2, -0.15) is 0 Å². The highest BCUT2D eigenvalue weighted by Gasteiger charge is 2.19. The first-order valence-electron chi connectivity index (χ1n) is 7.00. The molecule has 2 aromatic carbocycles. The Balaban J connectivity index is 1.91. The summed E-state index contributed by atoms with van der Waals surface area (Å²) in [5.41, 5.74) is 2.39. The first-order valence-corrected chi connectivity index (χ1v) is 7.79. The first-order chi connectivity index (χ1) is 10.6. The Kier molecular flexibility index (Phi) is 4.07. The second-order valence-electron chi connectivity index (χ2n) is 5.15. The molecule has 1 aliphatic heterocycles. The van der Waals surface area contributed by atoms with Crippen molar-refractivity contribution in [2.75, 3.05) is 25.2 Å². The number of nitrogens with zero attached hydrogens (tertiary/aromatic N) is 1. The van der Waals surface area contributed by atoms with Gasteiger partial charge in [-0.1, -0.05) is 22.0 Å². The predicted octanol–water partition coefficient (Wildman–Crippen LogP) is 3.81. The summed E-state index contributed by atoms with van der Waals surface area (Å²) in [5, 5.41) is 0. The van der Waals surface area contributed by atoms with Gasteiger partial charge in [0.2, 0.25) is 0 Å². The first kappa shape index (κ1) is 14.9. The number of anilines is 1. The summed E-state index contributed by atoms with van der Waals surface area (Å²) in [5.74, 6) is 1.33. The normalized spacial score (nSPS) is 12.9. The summed E-state index contributed by atoms with van der Waals surface area (Å²) in [4.78, 5) is 14.3. The second kappa shape index (κ2) is 6.01. The van der Waals surface area contributed by atoms with Crippen LogP contribution in [0.4, 0.5) is 5.69 Å². The summed E-state index contributed by atoms with van der Waals surface area (Å²) in [6.07, 6.45) is 0. The SMILES string of the molecule is Cc1ccc(Br)cc1C(=O)N(C)c1ccc2c(c1)OCCO2. The Bertz CT molecular complexity index is 730. The smallest absolute Gasteiger partial charge is 0.258 e. The third-order valence-electron chi connectivity index (χ3n) is 3.65. The number of ether oxygens (including phenoxy) is 2. The maximum Gasteiger partial charge on any atom is 0.258 e. The molecule has 0 fully saturated rings. The lowest BCUT2D eigenvalue weighted by Crippen LogP contribution is -2.27. The Morgan fingerprint density at radius 3 is 2.59 bits per heavy atom. The molecule has 0 saturated heterocycles. The van der Waals surface area contributed by atoms with E-state index >= 15 is 0 Å². The highest BCUT2D eigenvalue weighted by atomic mass is 79.9. The molecular formula is C17H16BrNO3. The van der Waals surface area contributed by atoms with E-state index in [4.69, 9.17) is 9.47 Å². The molecule has 1 aliphatic rings. The van der Waals surface area contributed by atoms with Gasteiger partial charge in [0, 0.05) is 28.8 Å². The number of halogens is 1. The summed E-state index contributed by atoms with van der Waals surface area (Å²) >= 11 is 3.41. The van der Waals surface area contributed by atoms with Crippen molar-refractivity contribution in [1.82, 2.24) is 0 Å². The molecule has 3 rings (SSSR count). The third-order valence-corrected chi connectivity index (χ3v) is 4.14. The monoisotopic (exact) mass is 361 g/mol. The van der Waals surface area contributed by atoms with Crippen LogP contribution in [-0.4, -0.2) is 26.2 Å². The maximum atomic E-state index is 12.7. The Labute approximate surface area is 137 Å². The van der Waals surface area contributed by atoms with Gasteiger partial charge in [-0.3, -0.25) is 4.79 Å². The molecule has 0 unspecified atom stereocenters. The number of amides is 1. The van der Waals surface area contributed by atoms with Crippen LogP contribution in [0.2, 0.25) is 0 Å². The molecule has 0 aliphatic carbocycles. The minimum atomic E-state index is -0.0597. The molecule has 0 saturated carbocycles. The van der Waals surface area contributed by atoms with Gasteiger partial charge in [-0.25, -0.2) is 0 Å². The lowest BCUT2D eigenvalue weighted by molar-refractivity contribution is 0.0992. The van der Waals surface area contributed by atoms with Crippen LogP contribution in [0.5, 0.6) is 11.5 Å². The number of hydrogen-bond acceptors (Lipinski definition) is 3. The molecule has 0 radical (unpaired) electrons. The van der Waals surface area contributed by atoms with Crippen molar-refractivity contribution in [3.05, 3.63) is 52.0 Å². The average molecular weight is 362 g/mol. The van der Waals surface area contributed by atoms with Crippen molar-refractivity contribution >= 4 is 27.5 Å². The van der Waals surface area contributed by atoms with Gasteiger partial charge in [-0.05, 0) is 36.8 Å². The van der Waals surface area contributed by atoms with Crippen LogP contribution in [-0.2, 0) is 0 Å². The predicted molar refractivity (Wildman–Crippen MR) is 89.0 cm³/mol. The van der Waals surface area contributed by atoms with Crippen molar-refractivity contribution in [2.24, 2.45) is 0 Å². The molecule has 0 bridgehead atoms. The van der Waals surface area contributed by atoms with Crippen molar-refractivity contribution < 1.29 is 14.3 Å². The quantitative estimate of drug-likeness (QED) is 0.816. The van der Waals surface area contributed by atoms with Crippen molar-refractivity contribution in [2.45, 2.75) is 6.92 Å². The van der Waals surface area contributed by atoms with Gasteiger partial charge in [0.25, 0.3) is 5.91 Å². The average Bonchev–Trinajstić information content (AvgIpc) is 2.55. The van der Waals surface area contributed by atoms with E-state index in [9.17, 15) is 4.79 Å². The Hall–Kier alpha value is -2.01. The zero-order valence-corrected chi connectivity index (χ0v) is 14.0. The standard InChI is InChI=1S/C17H16BrNO3/c1-11-3-4-12(18)9-14(11)17(20)19(2)13-5-6-15-16(10-13)22-8-7-21-15/h3-6,9-10H,7-8H2,1-2H3. The molecule has 1 amide bonds. The highest BCUT2D eigenvalue weighted by molar-refractivity contribution is 9.10. The van der Waals surface area contributed by atoms with Gasteiger partial charge >= 0.3 is 0 Å². The molecule has 1 heterocycles. The van der Waals surface area contributed by atoms with Crippen molar-refractivity contribution in [3.63, 3.8) is 0 Å². The zero-order valence-electron chi connectivity index (χ0n) is 12.4. The molecule has 4 nitrogen and oxygen atoms in total. The van der Waals surface area contributed by atoms with Crippen molar-refractivity contribution in [3.8, 4) is 11.5 Å². The van der Waals surface area contributed by atoms with E-state index < -0.39 is 0 Å². The van der Waals surface area contributed by atoms with Crippen LogP contribution in [0.1, 0.15) is 15.9 Å². The number of benzene rings is 2. The van der Waals surface area contributed by atoms with Gasteiger partial charge < -0.3 is 14.4 Å². The van der Waals surface area contributed by atoms with E-state index in [-0.39, 0.29) is 5.91 Å². The lowest BCUT2D eigenvalue weighted by atomic mass is 10.1.